The molecule has 2 rings (SSSR count). The molecule has 3 unspecified atom stereocenters. The largest absolute Gasteiger partial charge is 0.445 e. The first-order chi connectivity index (χ1) is 13.8. The fraction of sp³-hybridized carbons (Fsp3) is 0.364. The Bertz CT molecular complexity index is 830. The van der Waals surface area contributed by atoms with Gasteiger partial charge in [-0.15, -0.1) is 0 Å². The second kappa shape index (κ2) is 10.5. The molecule has 5 nitrogen and oxygen atoms in total. The number of amides is 2. The fourth-order valence-electron chi connectivity index (χ4n) is 2.83. The van der Waals surface area contributed by atoms with Gasteiger partial charge in [0.15, 0.2) is 0 Å². The Morgan fingerprint density at radius 1 is 1.03 bits per heavy atom. The van der Waals surface area contributed by atoms with Gasteiger partial charge in [0.25, 0.3) is 0 Å². The van der Waals surface area contributed by atoms with Crippen LogP contribution in [0.1, 0.15) is 44.4 Å². The summed E-state index contributed by atoms with van der Waals surface area (Å²) in [5.41, 5.74) is 0.988. The number of benzene rings is 2. The van der Waals surface area contributed by atoms with Gasteiger partial charge in [-0.2, -0.15) is 0 Å². The predicted molar refractivity (Wildman–Crippen MR) is 106 cm³/mol. The molecule has 0 aliphatic heterocycles. The monoisotopic (exact) mass is 404 g/mol. The van der Waals surface area contributed by atoms with Crippen molar-refractivity contribution in [2.45, 2.75) is 45.9 Å². The van der Waals surface area contributed by atoms with Crippen LogP contribution < -0.4 is 10.6 Å². The van der Waals surface area contributed by atoms with Gasteiger partial charge in [0.2, 0.25) is 5.91 Å². The quantitative estimate of drug-likeness (QED) is 0.682. The minimum absolute atomic E-state index is 0.0821. The van der Waals surface area contributed by atoms with Crippen LogP contribution >= 0.6 is 0 Å². The Hall–Kier alpha value is -2.96. The Morgan fingerprint density at radius 2 is 1.72 bits per heavy atom. The van der Waals surface area contributed by atoms with E-state index in [-0.39, 0.29) is 18.1 Å². The van der Waals surface area contributed by atoms with Gasteiger partial charge in [0.05, 0.1) is 6.04 Å². The Morgan fingerprint density at radius 3 is 2.34 bits per heavy atom. The van der Waals surface area contributed by atoms with Crippen LogP contribution in [0.25, 0.3) is 0 Å². The van der Waals surface area contributed by atoms with E-state index in [9.17, 15) is 18.4 Å². The topological polar surface area (TPSA) is 67.4 Å². The highest BCUT2D eigenvalue weighted by Gasteiger charge is 2.28. The lowest BCUT2D eigenvalue weighted by Gasteiger charge is -2.25. The number of ether oxygens (including phenoxy) is 1. The van der Waals surface area contributed by atoms with Gasteiger partial charge >= 0.3 is 6.09 Å². The highest BCUT2D eigenvalue weighted by molar-refractivity contribution is 5.86. The van der Waals surface area contributed by atoms with Gasteiger partial charge in [-0.3, -0.25) is 4.79 Å². The second-order valence-corrected chi connectivity index (χ2v) is 6.97. The number of nitrogens with one attached hydrogen (secondary N) is 2. The van der Waals surface area contributed by atoms with Crippen LogP contribution in [-0.4, -0.2) is 18.0 Å². The molecule has 2 aromatic carbocycles. The molecule has 0 aromatic heterocycles. The molecule has 0 aliphatic rings. The van der Waals surface area contributed by atoms with Crippen molar-refractivity contribution in [2.24, 2.45) is 5.92 Å². The van der Waals surface area contributed by atoms with Crippen molar-refractivity contribution in [1.82, 2.24) is 10.6 Å². The van der Waals surface area contributed by atoms with Gasteiger partial charge in [-0.1, -0.05) is 56.7 Å². The average molecular weight is 404 g/mol. The Balaban J connectivity index is 2.00. The van der Waals surface area contributed by atoms with E-state index in [1.165, 1.54) is 6.07 Å². The van der Waals surface area contributed by atoms with Crippen molar-refractivity contribution in [2.75, 3.05) is 0 Å². The zero-order valence-electron chi connectivity index (χ0n) is 16.7. The minimum atomic E-state index is -0.853. The number of hydrogen-bond acceptors (Lipinski definition) is 3. The predicted octanol–water partition coefficient (Wildman–Crippen LogP) is 4.48. The number of rotatable bonds is 8. The summed E-state index contributed by atoms with van der Waals surface area (Å²) < 4.78 is 32.3. The summed E-state index contributed by atoms with van der Waals surface area (Å²) in [5.74, 6) is -2.07. The molecule has 0 radical (unpaired) electrons. The molecule has 2 N–H and O–H groups in total. The third-order valence-corrected chi connectivity index (χ3v) is 4.77. The highest BCUT2D eigenvalue weighted by Crippen LogP contribution is 2.19. The summed E-state index contributed by atoms with van der Waals surface area (Å²) in [4.78, 5) is 24.9. The third-order valence-electron chi connectivity index (χ3n) is 4.77. The van der Waals surface area contributed by atoms with Gasteiger partial charge in [-0.05, 0) is 24.5 Å². The molecule has 0 aliphatic carbocycles. The maximum absolute atomic E-state index is 14.0. The summed E-state index contributed by atoms with van der Waals surface area (Å²) in [6.45, 7) is 5.39. The molecular weight excluding hydrogens is 378 g/mol. The molecule has 3 atom stereocenters. The van der Waals surface area contributed by atoms with Crippen LogP contribution in [0.4, 0.5) is 13.6 Å². The summed E-state index contributed by atoms with van der Waals surface area (Å²) in [5, 5.41) is 5.27. The number of alkyl carbamates (subject to hydrolysis) is 1. The lowest BCUT2D eigenvalue weighted by Crippen LogP contribution is -2.50. The molecule has 0 bridgehead atoms. The molecule has 156 valence electrons. The first kappa shape index (κ1) is 22.3. The minimum Gasteiger partial charge on any atom is -0.445 e. The van der Waals surface area contributed by atoms with Gasteiger partial charge in [0.1, 0.15) is 24.3 Å². The normalized spacial score (nSPS) is 13.8. The highest BCUT2D eigenvalue weighted by atomic mass is 19.1. The Labute approximate surface area is 169 Å². The molecular formula is C22H26F2N2O3. The first-order valence-corrected chi connectivity index (χ1v) is 9.54. The molecule has 0 fully saturated rings. The van der Waals surface area contributed by atoms with Gasteiger partial charge in [0, 0.05) is 11.6 Å². The van der Waals surface area contributed by atoms with Crippen molar-refractivity contribution in [3.8, 4) is 0 Å². The van der Waals surface area contributed by atoms with Crippen LogP contribution in [0.5, 0.6) is 0 Å². The molecule has 0 spiro atoms. The van der Waals surface area contributed by atoms with Crippen LogP contribution in [0.3, 0.4) is 0 Å². The van der Waals surface area contributed by atoms with Gasteiger partial charge < -0.3 is 15.4 Å². The number of hydrogen-bond donors (Lipinski definition) is 2. The van der Waals surface area contributed by atoms with Crippen LogP contribution in [0.2, 0.25) is 0 Å². The zero-order chi connectivity index (χ0) is 21.4. The van der Waals surface area contributed by atoms with E-state index in [0.717, 1.165) is 17.7 Å². The lowest BCUT2D eigenvalue weighted by molar-refractivity contribution is -0.124. The number of carbonyl (C=O) groups is 2. The van der Waals surface area contributed by atoms with E-state index < -0.39 is 35.7 Å². The molecule has 29 heavy (non-hydrogen) atoms. The Kier molecular flexibility index (Phi) is 8.12. The van der Waals surface area contributed by atoms with Crippen LogP contribution in [0, 0.1) is 17.6 Å². The van der Waals surface area contributed by atoms with E-state index in [2.05, 4.69) is 10.6 Å². The van der Waals surface area contributed by atoms with E-state index in [1.807, 2.05) is 44.2 Å². The van der Waals surface area contributed by atoms with Crippen molar-refractivity contribution >= 4 is 12.0 Å². The number of carbonyl (C=O) groups excluding carboxylic acids is 2. The summed E-state index contributed by atoms with van der Waals surface area (Å²) in [6.07, 6.45) is -0.0778. The standard InChI is InChI=1S/C22H26F2N2O3/c1-4-14(2)20(26-22(28)29-13-16-8-6-5-7-9-16)21(27)25-15(3)18-11-10-17(23)12-19(18)24/h5-12,14-15,20H,4,13H2,1-3H3,(H,25,27)(H,26,28). The summed E-state index contributed by atoms with van der Waals surface area (Å²) >= 11 is 0. The molecule has 0 saturated carbocycles. The van der Waals surface area contributed by atoms with Crippen molar-refractivity contribution < 1.29 is 23.1 Å². The van der Waals surface area contributed by atoms with Crippen molar-refractivity contribution in [3.63, 3.8) is 0 Å². The van der Waals surface area contributed by atoms with Crippen molar-refractivity contribution in [1.29, 1.82) is 0 Å². The maximum atomic E-state index is 14.0. The zero-order valence-corrected chi connectivity index (χ0v) is 16.7. The lowest BCUT2D eigenvalue weighted by atomic mass is 9.97. The molecule has 7 heteroatoms. The van der Waals surface area contributed by atoms with Crippen molar-refractivity contribution in [3.05, 3.63) is 71.3 Å². The molecule has 2 amide bonds. The second-order valence-electron chi connectivity index (χ2n) is 6.97. The van der Waals surface area contributed by atoms with E-state index in [0.29, 0.717) is 6.42 Å². The van der Waals surface area contributed by atoms with Gasteiger partial charge in [-0.25, -0.2) is 13.6 Å². The third kappa shape index (κ3) is 6.55. The summed E-state index contributed by atoms with van der Waals surface area (Å²) in [6, 6.07) is 10.8. The van der Waals surface area contributed by atoms with Crippen LogP contribution in [-0.2, 0) is 16.1 Å². The molecule has 0 heterocycles. The average Bonchev–Trinajstić information content (AvgIpc) is 2.70. The molecule has 0 saturated heterocycles. The first-order valence-electron chi connectivity index (χ1n) is 9.54. The summed E-state index contributed by atoms with van der Waals surface area (Å²) in [7, 11) is 0. The smallest absolute Gasteiger partial charge is 0.408 e. The maximum Gasteiger partial charge on any atom is 0.408 e. The number of halogens is 2. The van der Waals surface area contributed by atoms with E-state index in [1.54, 1.807) is 6.92 Å². The molecule has 2 aromatic rings. The van der Waals surface area contributed by atoms with Crippen LogP contribution in [0.15, 0.2) is 48.5 Å². The van der Waals surface area contributed by atoms with E-state index in [4.69, 9.17) is 4.74 Å². The fourth-order valence-corrected chi connectivity index (χ4v) is 2.83. The SMILES string of the molecule is CCC(C)C(NC(=O)OCc1ccccc1)C(=O)NC(C)c1ccc(F)cc1F. The van der Waals surface area contributed by atoms with E-state index >= 15 is 0 Å².